The molecule has 0 aliphatic carbocycles. The van der Waals surface area contributed by atoms with Crippen LogP contribution in [0.1, 0.15) is 28.9 Å². The lowest BCUT2D eigenvalue weighted by Gasteiger charge is -2.25. The SMILES string of the molecule is CCCc1nc(CN2CCOCC2)sc1CO. The first kappa shape index (κ1) is 13.0. The molecule has 2 rings (SSSR count). The summed E-state index contributed by atoms with van der Waals surface area (Å²) in [4.78, 5) is 8.04. The quantitative estimate of drug-likeness (QED) is 0.865. The van der Waals surface area contributed by atoms with Gasteiger partial charge in [0.1, 0.15) is 5.01 Å². The molecule has 1 N–H and O–H groups in total. The Hall–Kier alpha value is -0.490. The molecule has 17 heavy (non-hydrogen) atoms. The molecular formula is C12H20N2O2S. The summed E-state index contributed by atoms with van der Waals surface area (Å²) in [5, 5.41) is 10.4. The van der Waals surface area contributed by atoms with E-state index in [1.54, 1.807) is 11.3 Å². The largest absolute Gasteiger partial charge is 0.391 e. The van der Waals surface area contributed by atoms with Gasteiger partial charge in [-0.15, -0.1) is 11.3 Å². The van der Waals surface area contributed by atoms with Crippen LogP contribution in [0.2, 0.25) is 0 Å². The number of thiazole rings is 1. The van der Waals surface area contributed by atoms with E-state index in [9.17, 15) is 5.11 Å². The number of aromatic nitrogens is 1. The number of aliphatic hydroxyl groups is 1. The second kappa shape index (κ2) is 6.44. The second-order valence-corrected chi connectivity index (χ2v) is 5.44. The van der Waals surface area contributed by atoms with Gasteiger partial charge in [0.25, 0.3) is 0 Å². The number of hydrogen-bond acceptors (Lipinski definition) is 5. The molecular weight excluding hydrogens is 236 g/mol. The number of ether oxygens (including phenoxy) is 1. The summed E-state index contributed by atoms with van der Waals surface area (Å²) in [6.07, 6.45) is 2.04. The minimum absolute atomic E-state index is 0.121. The van der Waals surface area contributed by atoms with Crippen LogP contribution >= 0.6 is 11.3 Å². The van der Waals surface area contributed by atoms with Crippen molar-refractivity contribution in [3.05, 3.63) is 15.6 Å². The summed E-state index contributed by atoms with van der Waals surface area (Å²) in [7, 11) is 0. The van der Waals surface area contributed by atoms with Crippen LogP contribution in [0.15, 0.2) is 0 Å². The van der Waals surface area contributed by atoms with Crippen LogP contribution in [-0.4, -0.2) is 41.3 Å². The van der Waals surface area contributed by atoms with Crippen LogP contribution in [0.3, 0.4) is 0 Å². The first-order chi connectivity index (χ1) is 8.33. The van der Waals surface area contributed by atoms with Crippen LogP contribution in [0.25, 0.3) is 0 Å². The maximum atomic E-state index is 9.30. The van der Waals surface area contributed by atoms with E-state index in [0.29, 0.717) is 0 Å². The Morgan fingerprint density at radius 3 is 2.82 bits per heavy atom. The fourth-order valence-electron chi connectivity index (χ4n) is 2.01. The smallest absolute Gasteiger partial charge is 0.107 e. The molecule has 1 saturated heterocycles. The van der Waals surface area contributed by atoms with Crippen molar-refractivity contribution < 1.29 is 9.84 Å². The summed E-state index contributed by atoms with van der Waals surface area (Å²) in [5.41, 5.74) is 1.09. The molecule has 0 saturated carbocycles. The Labute approximate surface area is 106 Å². The van der Waals surface area contributed by atoms with Gasteiger partial charge >= 0.3 is 0 Å². The van der Waals surface area contributed by atoms with Crippen molar-refractivity contribution in [3.63, 3.8) is 0 Å². The van der Waals surface area contributed by atoms with Gasteiger partial charge in [0, 0.05) is 13.1 Å². The Morgan fingerprint density at radius 1 is 1.41 bits per heavy atom. The van der Waals surface area contributed by atoms with Crippen LogP contribution in [0.4, 0.5) is 0 Å². The number of aryl methyl sites for hydroxylation is 1. The van der Waals surface area contributed by atoms with Gasteiger partial charge in [-0.3, -0.25) is 4.90 Å². The number of hydrogen-bond donors (Lipinski definition) is 1. The molecule has 0 spiro atoms. The highest BCUT2D eigenvalue weighted by Crippen LogP contribution is 2.21. The second-order valence-electron chi connectivity index (χ2n) is 4.27. The van der Waals surface area contributed by atoms with Gasteiger partial charge in [-0.05, 0) is 6.42 Å². The molecule has 0 amide bonds. The maximum Gasteiger partial charge on any atom is 0.107 e. The van der Waals surface area contributed by atoms with Crippen LogP contribution in [0.5, 0.6) is 0 Å². The number of morpholine rings is 1. The van der Waals surface area contributed by atoms with Gasteiger partial charge < -0.3 is 9.84 Å². The molecule has 0 radical (unpaired) electrons. The highest BCUT2D eigenvalue weighted by atomic mass is 32.1. The molecule has 1 aromatic heterocycles. The molecule has 1 aliphatic rings. The van der Waals surface area contributed by atoms with Gasteiger partial charge in [0.2, 0.25) is 0 Å². The third-order valence-electron chi connectivity index (χ3n) is 2.92. The Morgan fingerprint density at radius 2 is 2.18 bits per heavy atom. The highest BCUT2D eigenvalue weighted by Gasteiger charge is 2.15. The number of nitrogens with zero attached hydrogens (tertiary/aromatic N) is 2. The first-order valence-electron chi connectivity index (χ1n) is 6.22. The van der Waals surface area contributed by atoms with Crippen molar-refractivity contribution in [2.24, 2.45) is 0 Å². The highest BCUT2D eigenvalue weighted by molar-refractivity contribution is 7.11. The molecule has 0 unspecified atom stereocenters. The zero-order valence-corrected chi connectivity index (χ0v) is 11.1. The fourth-order valence-corrected chi connectivity index (χ4v) is 3.03. The lowest BCUT2D eigenvalue weighted by Crippen LogP contribution is -2.35. The summed E-state index contributed by atoms with van der Waals surface area (Å²) in [5.74, 6) is 0. The fraction of sp³-hybridized carbons (Fsp3) is 0.750. The van der Waals surface area contributed by atoms with Crippen LogP contribution in [-0.2, 0) is 24.3 Å². The Balaban J connectivity index is 1.99. The third kappa shape index (κ3) is 3.48. The minimum atomic E-state index is 0.121. The zero-order chi connectivity index (χ0) is 12.1. The van der Waals surface area contributed by atoms with Crippen molar-refractivity contribution in [1.82, 2.24) is 9.88 Å². The lowest BCUT2D eigenvalue weighted by molar-refractivity contribution is 0.0341. The van der Waals surface area contributed by atoms with Gasteiger partial charge in [-0.1, -0.05) is 13.3 Å². The van der Waals surface area contributed by atoms with Crippen molar-refractivity contribution in [1.29, 1.82) is 0 Å². The van der Waals surface area contributed by atoms with Crippen LogP contribution < -0.4 is 0 Å². The van der Waals surface area contributed by atoms with E-state index < -0.39 is 0 Å². The third-order valence-corrected chi connectivity index (χ3v) is 3.98. The average Bonchev–Trinajstić information content (AvgIpc) is 2.73. The molecule has 1 fully saturated rings. The standard InChI is InChI=1S/C12H20N2O2S/c1-2-3-10-11(9-15)17-12(13-10)8-14-4-6-16-7-5-14/h15H,2-9H2,1H3. The van der Waals surface area contributed by atoms with Crippen LogP contribution in [0, 0.1) is 0 Å². The van der Waals surface area contributed by atoms with Gasteiger partial charge in [-0.25, -0.2) is 4.98 Å². The molecule has 2 heterocycles. The molecule has 4 nitrogen and oxygen atoms in total. The van der Waals surface area contributed by atoms with E-state index in [0.717, 1.165) is 61.3 Å². The van der Waals surface area contributed by atoms with E-state index >= 15 is 0 Å². The molecule has 1 aromatic rings. The first-order valence-corrected chi connectivity index (χ1v) is 7.03. The predicted molar refractivity (Wildman–Crippen MR) is 68.1 cm³/mol. The topological polar surface area (TPSA) is 45.6 Å². The summed E-state index contributed by atoms with van der Waals surface area (Å²) in [6, 6.07) is 0. The van der Waals surface area contributed by atoms with Crippen molar-refractivity contribution in [3.8, 4) is 0 Å². The molecule has 0 atom stereocenters. The van der Waals surface area contributed by atoms with Gasteiger partial charge in [0.15, 0.2) is 0 Å². The lowest BCUT2D eigenvalue weighted by atomic mass is 10.2. The molecule has 96 valence electrons. The normalized spacial score (nSPS) is 17.5. The van der Waals surface area contributed by atoms with E-state index in [4.69, 9.17) is 4.74 Å². The van der Waals surface area contributed by atoms with E-state index in [-0.39, 0.29) is 6.61 Å². The summed E-state index contributed by atoms with van der Waals surface area (Å²) < 4.78 is 5.33. The maximum absolute atomic E-state index is 9.30. The summed E-state index contributed by atoms with van der Waals surface area (Å²) in [6.45, 7) is 6.76. The predicted octanol–water partition coefficient (Wildman–Crippen LogP) is 1.42. The Kier molecular flexibility index (Phi) is 4.91. The van der Waals surface area contributed by atoms with E-state index in [1.807, 2.05) is 0 Å². The average molecular weight is 256 g/mol. The molecule has 1 aliphatic heterocycles. The number of rotatable bonds is 5. The minimum Gasteiger partial charge on any atom is -0.391 e. The molecule has 0 bridgehead atoms. The Bertz CT molecular complexity index is 348. The van der Waals surface area contributed by atoms with Gasteiger partial charge in [-0.2, -0.15) is 0 Å². The van der Waals surface area contributed by atoms with Crippen molar-refractivity contribution in [2.45, 2.75) is 32.9 Å². The molecule has 5 heteroatoms. The summed E-state index contributed by atoms with van der Waals surface area (Å²) >= 11 is 1.65. The van der Waals surface area contributed by atoms with E-state index in [2.05, 4.69) is 16.8 Å². The monoisotopic (exact) mass is 256 g/mol. The molecule has 0 aromatic carbocycles. The van der Waals surface area contributed by atoms with Gasteiger partial charge in [0.05, 0.1) is 36.9 Å². The zero-order valence-electron chi connectivity index (χ0n) is 10.3. The van der Waals surface area contributed by atoms with Crippen molar-refractivity contribution >= 4 is 11.3 Å². The van der Waals surface area contributed by atoms with E-state index in [1.165, 1.54) is 0 Å². The van der Waals surface area contributed by atoms with Crippen molar-refractivity contribution in [2.75, 3.05) is 26.3 Å². The number of aliphatic hydroxyl groups excluding tert-OH is 1.